The molecule has 15 heavy (non-hydrogen) atoms. The van der Waals surface area contributed by atoms with Crippen molar-refractivity contribution in [1.82, 2.24) is 4.90 Å². The van der Waals surface area contributed by atoms with E-state index in [1.165, 1.54) is 0 Å². The van der Waals surface area contributed by atoms with Crippen LogP contribution in [0, 0.1) is 6.61 Å². The third kappa shape index (κ3) is 2.42. The molecule has 2 radical (unpaired) electrons. The highest BCUT2D eigenvalue weighted by Gasteiger charge is 2.17. The topological polar surface area (TPSA) is 15.7 Å². The Labute approximate surface area is 91.2 Å². The fourth-order valence-corrected chi connectivity index (χ4v) is 1.60. The number of para-hydroxylation sites is 2. The third-order valence-electron chi connectivity index (χ3n) is 2.46. The Morgan fingerprint density at radius 3 is 3.00 bits per heavy atom. The summed E-state index contributed by atoms with van der Waals surface area (Å²) in [4.78, 5) is 4.46. The predicted molar refractivity (Wildman–Crippen MR) is 61.1 cm³/mol. The Kier molecular flexibility index (Phi) is 3.11. The van der Waals surface area contributed by atoms with E-state index in [9.17, 15) is 0 Å². The number of anilines is 1. The van der Waals surface area contributed by atoms with E-state index in [1.54, 1.807) is 0 Å². The Hall–Kier alpha value is -1.22. The second kappa shape index (κ2) is 4.53. The van der Waals surface area contributed by atoms with Gasteiger partial charge in [0.1, 0.15) is 5.75 Å². The van der Waals surface area contributed by atoms with Crippen LogP contribution in [-0.2, 0) is 0 Å². The molecule has 3 heteroatoms. The molecule has 0 fully saturated rings. The van der Waals surface area contributed by atoms with Crippen molar-refractivity contribution in [2.45, 2.75) is 0 Å². The molecule has 3 nitrogen and oxygen atoms in total. The molecule has 0 aromatic heterocycles. The first-order valence-corrected chi connectivity index (χ1v) is 5.16. The maximum atomic E-state index is 5.36. The summed E-state index contributed by atoms with van der Waals surface area (Å²) in [6.07, 6.45) is 0. The van der Waals surface area contributed by atoms with E-state index < -0.39 is 0 Å². The average molecular weight is 204 g/mol. The van der Waals surface area contributed by atoms with Crippen molar-refractivity contribution in [2.24, 2.45) is 0 Å². The second-order valence-electron chi connectivity index (χ2n) is 3.94. The zero-order valence-electron chi connectivity index (χ0n) is 9.23. The van der Waals surface area contributed by atoms with Crippen molar-refractivity contribution in [3.05, 3.63) is 30.9 Å². The SMILES string of the molecule is CN(C)CCN1C[C]Oc2ccccc21. The Morgan fingerprint density at radius 2 is 2.20 bits per heavy atom. The largest absolute Gasteiger partial charge is 0.474 e. The van der Waals surface area contributed by atoms with Crippen molar-refractivity contribution in [1.29, 1.82) is 0 Å². The van der Waals surface area contributed by atoms with E-state index in [0.717, 1.165) is 31.1 Å². The van der Waals surface area contributed by atoms with Gasteiger partial charge in [0.2, 0.25) is 6.61 Å². The van der Waals surface area contributed by atoms with Crippen molar-refractivity contribution in [2.75, 3.05) is 38.6 Å². The van der Waals surface area contributed by atoms with Gasteiger partial charge in [-0.3, -0.25) is 0 Å². The quantitative estimate of drug-likeness (QED) is 0.742. The van der Waals surface area contributed by atoms with Crippen LogP contribution in [0.3, 0.4) is 0 Å². The smallest absolute Gasteiger partial charge is 0.217 e. The Bertz CT molecular complexity index is 325. The number of benzene rings is 1. The van der Waals surface area contributed by atoms with Gasteiger partial charge in [0, 0.05) is 13.1 Å². The fraction of sp³-hybridized carbons (Fsp3) is 0.417. The molecule has 1 aromatic rings. The van der Waals surface area contributed by atoms with E-state index >= 15 is 0 Å². The molecule has 80 valence electrons. The van der Waals surface area contributed by atoms with Gasteiger partial charge < -0.3 is 14.5 Å². The lowest BCUT2D eigenvalue weighted by molar-refractivity contribution is 0.368. The van der Waals surface area contributed by atoms with Crippen LogP contribution in [0.5, 0.6) is 5.75 Å². The molecular weight excluding hydrogens is 188 g/mol. The Balaban J connectivity index is 2.08. The van der Waals surface area contributed by atoms with E-state index in [-0.39, 0.29) is 0 Å². The number of nitrogens with zero attached hydrogens (tertiary/aromatic N) is 2. The van der Waals surface area contributed by atoms with Gasteiger partial charge in [-0.15, -0.1) is 0 Å². The van der Waals surface area contributed by atoms with E-state index in [4.69, 9.17) is 4.74 Å². The second-order valence-corrected chi connectivity index (χ2v) is 3.94. The first kappa shape index (κ1) is 10.3. The van der Waals surface area contributed by atoms with Crippen LogP contribution in [0.15, 0.2) is 24.3 Å². The maximum Gasteiger partial charge on any atom is 0.217 e. The third-order valence-corrected chi connectivity index (χ3v) is 2.46. The van der Waals surface area contributed by atoms with Gasteiger partial charge in [-0.2, -0.15) is 0 Å². The molecule has 0 bridgehead atoms. The van der Waals surface area contributed by atoms with Gasteiger partial charge in [-0.1, -0.05) is 12.1 Å². The molecule has 0 N–H and O–H groups in total. The van der Waals surface area contributed by atoms with E-state index in [1.807, 2.05) is 18.2 Å². The summed E-state index contributed by atoms with van der Waals surface area (Å²) in [7, 11) is 4.17. The van der Waals surface area contributed by atoms with Crippen LogP contribution >= 0.6 is 0 Å². The van der Waals surface area contributed by atoms with Gasteiger partial charge >= 0.3 is 0 Å². The van der Waals surface area contributed by atoms with Gasteiger partial charge in [0.25, 0.3) is 0 Å². The molecule has 0 saturated carbocycles. The van der Waals surface area contributed by atoms with Crippen LogP contribution < -0.4 is 9.64 Å². The van der Waals surface area contributed by atoms with Gasteiger partial charge in [-0.05, 0) is 26.2 Å². The van der Waals surface area contributed by atoms with Crippen LogP contribution in [0.4, 0.5) is 5.69 Å². The number of rotatable bonds is 3. The number of ether oxygens (including phenoxy) is 1. The molecule has 0 atom stereocenters. The first-order valence-electron chi connectivity index (χ1n) is 5.16. The molecule has 0 aliphatic carbocycles. The van der Waals surface area contributed by atoms with E-state index in [2.05, 4.69) is 36.6 Å². The number of hydrogen-bond acceptors (Lipinski definition) is 3. The molecule has 1 heterocycles. The molecule has 0 spiro atoms. The number of fused-ring (bicyclic) bond motifs is 1. The van der Waals surface area contributed by atoms with Crippen molar-refractivity contribution >= 4 is 5.69 Å². The summed E-state index contributed by atoms with van der Waals surface area (Å²) >= 11 is 0. The van der Waals surface area contributed by atoms with Crippen LogP contribution in [0.25, 0.3) is 0 Å². The summed E-state index contributed by atoms with van der Waals surface area (Å²) < 4.78 is 5.36. The summed E-state index contributed by atoms with van der Waals surface area (Å²) in [6, 6.07) is 8.09. The molecule has 0 saturated heterocycles. The lowest BCUT2D eigenvalue weighted by Gasteiger charge is -2.30. The van der Waals surface area contributed by atoms with Crippen molar-refractivity contribution < 1.29 is 4.74 Å². The lowest BCUT2D eigenvalue weighted by Crippen LogP contribution is -2.35. The minimum absolute atomic E-state index is 0.741. The molecule has 1 aliphatic heterocycles. The minimum atomic E-state index is 0.741. The van der Waals surface area contributed by atoms with Crippen molar-refractivity contribution in [3.63, 3.8) is 0 Å². The van der Waals surface area contributed by atoms with Gasteiger partial charge in [0.15, 0.2) is 0 Å². The van der Waals surface area contributed by atoms with Crippen molar-refractivity contribution in [3.8, 4) is 5.75 Å². The van der Waals surface area contributed by atoms with E-state index in [0.29, 0.717) is 0 Å². The summed E-state index contributed by atoms with van der Waals surface area (Å²) in [6.45, 7) is 5.70. The zero-order chi connectivity index (χ0) is 10.7. The highest BCUT2D eigenvalue weighted by molar-refractivity contribution is 5.60. The molecule has 0 amide bonds. The molecular formula is C12H16N2O. The van der Waals surface area contributed by atoms with Crippen LogP contribution in [0.1, 0.15) is 0 Å². The summed E-state index contributed by atoms with van der Waals surface area (Å²) in [5.41, 5.74) is 1.16. The van der Waals surface area contributed by atoms with Crippen LogP contribution in [-0.4, -0.2) is 38.6 Å². The summed E-state index contributed by atoms with van der Waals surface area (Å²) in [5, 5.41) is 0. The average Bonchev–Trinajstić information content (AvgIpc) is 2.26. The van der Waals surface area contributed by atoms with Crippen LogP contribution in [0.2, 0.25) is 0 Å². The summed E-state index contributed by atoms with van der Waals surface area (Å²) in [5.74, 6) is 0.905. The zero-order valence-corrected chi connectivity index (χ0v) is 9.23. The van der Waals surface area contributed by atoms with Gasteiger partial charge in [0.05, 0.1) is 12.2 Å². The Morgan fingerprint density at radius 1 is 1.40 bits per heavy atom. The highest BCUT2D eigenvalue weighted by atomic mass is 16.5. The van der Waals surface area contributed by atoms with Gasteiger partial charge in [-0.25, -0.2) is 0 Å². The highest BCUT2D eigenvalue weighted by Crippen LogP contribution is 2.31. The predicted octanol–water partition coefficient (Wildman–Crippen LogP) is 1.49. The fourth-order valence-electron chi connectivity index (χ4n) is 1.60. The standard InChI is InChI=1S/C12H16N2O/c1-13(2)7-8-14-9-10-15-12-6-4-3-5-11(12)14/h3-6H,7-9H2,1-2H3. The minimum Gasteiger partial charge on any atom is -0.474 e. The molecule has 2 rings (SSSR count). The number of hydrogen-bond donors (Lipinski definition) is 0. The monoisotopic (exact) mass is 204 g/mol. The molecule has 1 aliphatic rings. The maximum absolute atomic E-state index is 5.36. The molecule has 0 unspecified atom stereocenters. The number of likely N-dealkylation sites (N-methyl/N-ethyl adjacent to an activating group) is 1. The normalized spacial score (nSPS) is 15.0. The molecule has 1 aromatic carbocycles. The lowest BCUT2D eigenvalue weighted by atomic mass is 10.2. The first-order chi connectivity index (χ1) is 7.27.